The first-order chi connectivity index (χ1) is 8.65. The molecule has 0 bridgehead atoms. The zero-order valence-electron chi connectivity index (χ0n) is 10.5. The number of aryl methyl sites for hydroxylation is 1. The fraction of sp³-hybridized carbons (Fsp3) is 0.429. The molecule has 4 nitrogen and oxygen atoms in total. The first kappa shape index (κ1) is 14.2. The summed E-state index contributed by atoms with van der Waals surface area (Å²) in [6.07, 6.45) is 1.65. The van der Waals surface area contributed by atoms with Crippen LogP contribution in [0.4, 0.5) is 0 Å². The van der Waals surface area contributed by atoms with Crippen LogP contribution in [0.15, 0.2) is 24.3 Å². The van der Waals surface area contributed by atoms with Crippen molar-refractivity contribution in [1.82, 2.24) is 5.32 Å². The van der Waals surface area contributed by atoms with Gasteiger partial charge in [0.1, 0.15) is 0 Å². The van der Waals surface area contributed by atoms with Crippen LogP contribution in [0, 0.1) is 11.3 Å². The molecule has 0 fully saturated rings. The second kappa shape index (κ2) is 7.46. The first-order valence-electron chi connectivity index (χ1n) is 6.05. The van der Waals surface area contributed by atoms with Crippen molar-refractivity contribution in [3.8, 4) is 6.07 Å². The van der Waals surface area contributed by atoms with Gasteiger partial charge in [-0.3, -0.25) is 4.79 Å². The van der Waals surface area contributed by atoms with Crippen LogP contribution in [0.5, 0.6) is 0 Å². The Morgan fingerprint density at radius 3 is 2.67 bits per heavy atom. The molecule has 1 rings (SSSR count). The zero-order valence-corrected chi connectivity index (χ0v) is 10.5. The highest BCUT2D eigenvalue weighted by molar-refractivity contribution is 5.76. The van der Waals surface area contributed by atoms with Crippen molar-refractivity contribution >= 4 is 5.91 Å². The number of nitrogens with one attached hydrogen (secondary N) is 1. The molecule has 0 saturated heterocycles. The van der Waals surface area contributed by atoms with Gasteiger partial charge in [-0.25, -0.2) is 0 Å². The SMILES string of the molecule is CC(CCO)NC(=O)CCc1ccc(C#N)cc1. The number of hydrogen-bond donors (Lipinski definition) is 2. The number of nitrogens with zero attached hydrogens (tertiary/aromatic N) is 1. The quantitative estimate of drug-likeness (QED) is 0.796. The number of carbonyl (C=O) groups excluding carboxylic acids is 1. The minimum Gasteiger partial charge on any atom is -0.396 e. The van der Waals surface area contributed by atoms with Crippen molar-refractivity contribution in [3.05, 3.63) is 35.4 Å². The fourth-order valence-electron chi connectivity index (χ4n) is 1.62. The van der Waals surface area contributed by atoms with Gasteiger partial charge in [0.2, 0.25) is 5.91 Å². The van der Waals surface area contributed by atoms with E-state index in [-0.39, 0.29) is 18.6 Å². The van der Waals surface area contributed by atoms with Crippen molar-refractivity contribution in [3.63, 3.8) is 0 Å². The fourth-order valence-corrected chi connectivity index (χ4v) is 1.62. The van der Waals surface area contributed by atoms with Crippen LogP contribution in [0.2, 0.25) is 0 Å². The average molecular weight is 246 g/mol. The largest absolute Gasteiger partial charge is 0.396 e. The Morgan fingerprint density at radius 1 is 1.44 bits per heavy atom. The predicted molar refractivity (Wildman–Crippen MR) is 68.8 cm³/mol. The molecule has 1 aromatic carbocycles. The van der Waals surface area contributed by atoms with Gasteiger partial charge in [-0.2, -0.15) is 5.26 Å². The summed E-state index contributed by atoms with van der Waals surface area (Å²) in [5.74, 6) is -0.0136. The van der Waals surface area contributed by atoms with Gasteiger partial charge in [-0.15, -0.1) is 0 Å². The number of aliphatic hydroxyl groups excluding tert-OH is 1. The maximum atomic E-state index is 11.6. The molecule has 1 aromatic rings. The van der Waals surface area contributed by atoms with E-state index >= 15 is 0 Å². The van der Waals surface area contributed by atoms with Gasteiger partial charge in [0, 0.05) is 19.1 Å². The summed E-state index contributed by atoms with van der Waals surface area (Å²) in [6, 6.07) is 9.29. The molecule has 18 heavy (non-hydrogen) atoms. The Labute approximate surface area is 107 Å². The standard InChI is InChI=1S/C14H18N2O2/c1-11(8-9-17)16-14(18)7-6-12-2-4-13(10-15)5-3-12/h2-5,11,17H,6-9H2,1H3,(H,16,18). The van der Waals surface area contributed by atoms with Crippen LogP contribution in [0.25, 0.3) is 0 Å². The van der Waals surface area contributed by atoms with E-state index in [4.69, 9.17) is 10.4 Å². The number of benzene rings is 1. The molecule has 0 aliphatic carbocycles. The molecule has 0 heterocycles. The number of amides is 1. The molecule has 96 valence electrons. The van der Waals surface area contributed by atoms with E-state index in [9.17, 15) is 4.79 Å². The smallest absolute Gasteiger partial charge is 0.220 e. The van der Waals surface area contributed by atoms with Crippen molar-refractivity contribution < 1.29 is 9.90 Å². The maximum absolute atomic E-state index is 11.6. The first-order valence-corrected chi connectivity index (χ1v) is 6.05. The molecule has 1 amide bonds. The normalized spacial score (nSPS) is 11.6. The molecular weight excluding hydrogens is 228 g/mol. The van der Waals surface area contributed by atoms with E-state index in [1.807, 2.05) is 19.1 Å². The van der Waals surface area contributed by atoms with E-state index in [2.05, 4.69) is 11.4 Å². The van der Waals surface area contributed by atoms with Crippen molar-refractivity contribution in [2.75, 3.05) is 6.61 Å². The lowest BCUT2D eigenvalue weighted by Crippen LogP contribution is -2.33. The van der Waals surface area contributed by atoms with Crippen LogP contribution in [-0.2, 0) is 11.2 Å². The summed E-state index contributed by atoms with van der Waals surface area (Å²) in [4.78, 5) is 11.6. The van der Waals surface area contributed by atoms with Gasteiger partial charge in [0.25, 0.3) is 0 Å². The molecular formula is C14H18N2O2. The molecule has 2 N–H and O–H groups in total. The van der Waals surface area contributed by atoms with Gasteiger partial charge in [-0.05, 0) is 37.5 Å². The predicted octanol–water partition coefficient (Wildman–Crippen LogP) is 1.38. The van der Waals surface area contributed by atoms with Gasteiger partial charge < -0.3 is 10.4 Å². The molecule has 1 unspecified atom stereocenters. The maximum Gasteiger partial charge on any atom is 0.220 e. The number of nitriles is 1. The van der Waals surface area contributed by atoms with Gasteiger partial charge in [0.05, 0.1) is 11.6 Å². The summed E-state index contributed by atoms with van der Waals surface area (Å²) in [5, 5.41) is 20.2. The minimum absolute atomic E-state index is 0.00321. The van der Waals surface area contributed by atoms with Crippen LogP contribution in [0.1, 0.15) is 30.9 Å². The number of hydrogen-bond acceptors (Lipinski definition) is 3. The summed E-state index contributed by atoms with van der Waals surface area (Å²) in [6.45, 7) is 1.95. The van der Waals surface area contributed by atoms with Crippen molar-refractivity contribution in [1.29, 1.82) is 5.26 Å². The summed E-state index contributed by atoms with van der Waals surface area (Å²) >= 11 is 0. The second-order valence-corrected chi connectivity index (χ2v) is 4.29. The summed E-state index contributed by atoms with van der Waals surface area (Å²) < 4.78 is 0. The van der Waals surface area contributed by atoms with Crippen LogP contribution in [0.3, 0.4) is 0 Å². The van der Waals surface area contributed by atoms with E-state index in [0.717, 1.165) is 5.56 Å². The lowest BCUT2D eigenvalue weighted by Gasteiger charge is -2.12. The van der Waals surface area contributed by atoms with E-state index in [1.165, 1.54) is 0 Å². The average Bonchev–Trinajstić information content (AvgIpc) is 2.37. The lowest BCUT2D eigenvalue weighted by molar-refractivity contribution is -0.121. The Kier molecular flexibility index (Phi) is 5.89. The molecule has 0 spiro atoms. The topological polar surface area (TPSA) is 73.1 Å². The highest BCUT2D eigenvalue weighted by atomic mass is 16.3. The lowest BCUT2D eigenvalue weighted by atomic mass is 10.1. The van der Waals surface area contributed by atoms with Crippen LogP contribution < -0.4 is 5.32 Å². The van der Waals surface area contributed by atoms with Crippen LogP contribution in [-0.4, -0.2) is 23.7 Å². The molecule has 0 saturated carbocycles. The van der Waals surface area contributed by atoms with Crippen LogP contribution >= 0.6 is 0 Å². The third-order valence-electron chi connectivity index (χ3n) is 2.69. The highest BCUT2D eigenvalue weighted by Gasteiger charge is 2.06. The third-order valence-corrected chi connectivity index (χ3v) is 2.69. The molecule has 0 radical (unpaired) electrons. The van der Waals surface area contributed by atoms with Gasteiger partial charge >= 0.3 is 0 Å². The Hall–Kier alpha value is -1.86. The van der Waals surface area contributed by atoms with E-state index < -0.39 is 0 Å². The molecule has 4 heteroatoms. The molecule has 1 atom stereocenters. The number of carbonyl (C=O) groups is 1. The summed E-state index contributed by atoms with van der Waals surface area (Å²) in [7, 11) is 0. The Balaban J connectivity index is 2.35. The monoisotopic (exact) mass is 246 g/mol. The van der Waals surface area contributed by atoms with Gasteiger partial charge in [-0.1, -0.05) is 12.1 Å². The zero-order chi connectivity index (χ0) is 13.4. The Bertz CT molecular complexity index is 420. The number of rotatable bonds is 6. The van der Waals surface area contributed by atoms with Crippen molar-refractivity contribution in [2.45, 2.75) is 32.2 Å². The molecule has 0 aromatic heterocycles. The third kappa shape index (κ3) is 4.98. The van der Waals surface area contributed by atoms with E-state index in [1.54, 1.807) is 12.1 Å². The minimum atomic E-state index is -0.0136. The molecule has 0 aliphatic rings. The Morgan fingerprint density at radius 2 is 2.11 bits per heavy atom. The summed E-state index contributed by atoms with van der Waals surface area (Å²) in [5.41, 5.74) is 1.67. The molecule has 0 aliphatic heterocycles. The second-order valence-electron chi connectivity index (χ2n) is 4.29. The highest BCUT2D eigenvalue weighted by Crippen LogP contribution is 2.06. The van der Waals surface area contributed by atoms with E-state index in [0.29, 0.717) is 24.8 Å². The number of aliphatic hydroxyl groups is 1. The van der Waals surface area contributed by atoms with Gasteiger partial charge in [0.15, 0.2) is 0 Å². The van der Waals surface area contributed by atoms with Crippen molar-refractivity contribution in [2.24, 2.45) is 0 Å².